The van der Waals surface area contributed by atoms with Gasteiger partial charge in [0.1, 0.15) is 12.2 Å². The fraction of sp³-hybridized carbons (Fsp3) is 0.500. The Balaban J connectivity index is 1.59. The number of esters is 2. The minimum atomic E-state index is -0.391. The minimum absolute atomic E-state index is 0.235. The molecule has 2 saturated carbocycles. The molecule has 4 heteroatoms. The summed E-state index contributed by atoms with van der Waals surface area (Å²) >= 11 is 0. The highest BCUT2D eigenvalue weighted by Crippen LogP contribution is 2.41. The lowest BCUT2D eigenvalue weighted by Gasteiger charge is -2.43. The molecule has 0 spiro atoms. The third kappa shape index (κ3) is 5.06. The largest absolute Gasteiger partial charge is 0.455 e. The van der Waals surface area contributed by atoms with Crippen LogP contribution in [0.2, 0.25) is 0 Å². The van der Waals surface area contributed by atoms with E-state index in [0.29, 0.717) is 11.1 Å². The van der Waals surface area contributed by atoms with Crippen molar-refractivity contribution in [3.63, 3.8) is 0 Å². The van der Waals surface area contributed by atoms with Crippen molar-refractivity contribution < 1.29 is 19.1 Å². The Bertz CT molecular complexity index is 882. The van der Waals surface area contributed by atoms with Gasteiger partial charge >= 0.3 is 11.9 Å². The summed E-state index contributed by atoms with van der Waals surface area (Å²) in [6, 6.07) is 11.6. The smallest absolute Gasteiger partial charge is 0.338 e. The summed E-state index contributed by atoms with van der Waals surface area (Å²) in [7, 11) is 0. The van der Waals surface area contributed by atoms with Gasteiger partial charge in [0.25, 0.3) is 0 Å². The Morgan fingerprint density at radius 3 is 1.28 bits per heavy atom. The van der Waals surface area contributed by atoms with Crippen LogP contribution in [0.5, 0.6) is 0 Å². The van der Waals surface area contributed by atoms with E-state index in [0.717, 1.165) is 60.8 Å². The van der Waals surface area contributed by atoms with Crippen LogP contribution in [-0.2, 0) is 9.47 Å². The molecule has 4 nitrogen and oxygen atoms in total. The molecule has 2 aliphatic rings. The first-order valence-electron chi connectivity index (χ1n) is 11.9. The number of ether oxygens (including phenoxy) is 2. The zero-order valence-corrected chi connectivity index (χ0v) is 19.6. The van der Waals surface area contributed by atoms with Gasteiger partial charge in [-0.3, -0.25) is 0 Å². The molecule has 2 aromatic rings. The summed E-state index contributed by atoms with van der Waals surface area (Å²) in [5, 5.41) is 0. The molecular formula is C28H34O4. The normalized spacial score (nSPS) is 25.0. The van der Waals surface area contributed by atoms with E-state index in [2.05, 4.69) is 0 Å². The molecule has 2 fully saturated rings. The lowest BCUT2D eigenvalue weighted by atomic mass is 9.71. The average molecular weight is 435 g/mol. The van der Waals surface area contributed by atoms with E-state index in [-0.39, 0.29) is 23.8 Å². The van der Waals surface area contributed by atoms with Crippen LogP contribution in [0.25, 0.3) is 0 Å². The number of rotatable bonds is 4. The number of hydrogen-bond donors (Lipinski definition) is 0. The molecule has 4 unspecified atom stereocenters. The van der Waals surface area contributed by atoms with Gasteiger partial charge in [-0.05, 0) is 89.5 Å². The first kappa shape index (κ1) is 22.6. The molecule has 32 heavy (non-hydrogen) atoms. The second-order valence-corrected chi connectivity index (χ2v) is 9.87. The molecule has 0 saturated heterocycles. The molecule has 170 valence electrons. The summed E-state index contributed by atoms with van der Waals surface area (Å²) in [6.07, 6.45) is 5.55. The number of carbonyl (C=O) groups excluding carboxylic acids is 2. The van der Waals surface area contributed by atoms with E-state index >= 15 is 0 Å². The van der Waals surface area contributed by atoms with Gasteiger partial charge in [0.15, 0.2) is 0 Å². The highest BCUT2D eigenvalue weighted by Gasteiger charge is 2.45. The lowest BCUT2D eigenvalue weighted by Crippen LogP contribution is -2.49. The van der Waals surface area contributed by atoms with Gasteiger partial charge in [-0.1, -0.05) is 47.2 Å². The van der Waals surface area contributed by atoms with Crippen LogP contribution in [0.4, 0.5) is 0 Å². The van der Waals surface area contributed by atoms with Crippen LogP contribution >= 0.6 is 0 Å². The fourth-order valence-corrected chi connectivity index (χ4v) is 5.62. The van der Waals surface area contributed by atoms with Crippen LogP contribution in [0.3, 0.4) is 0 Å². The van der Waals surface area contributed by atoms with Gasteiger partial charge in [0.05, 0.1) is 11.1 Å². The monoisotopic (exact) mass is 434 g/mol. The standard InChI is InChI=1S/C28H34O4/c1-17-11-18(2)14-23(13-17)27(29)31-25-21-7-5-6-8-22(10-9-21)26(25)32-28(30)24-15-19(3)12-20(4)16-24/h11-16,21-22,25-26H,5-10H2,1-4H3. The Hall–Kier alpha value is -2.62. The summed E-state index contributed by atoms with van der Waals surface area (Å²) in [4.78, 5) is 26.2. The molecule has 0 aromatic heterocycles. The van der Waals surface area contributed by atoms with Crippen LogP contribution in [0.15, 0.2) is 36.4 Å². The maximum Gasteiger partial charge on any atom is 0.338 e. The van der Waals surface area contributed by atoms with Crippen molar-refractivity contribution in [2.24, 2.45) is 11.8 Å². The van der Waals surface area contributed by atoms with Crippen molar-refractivity contribution in [3.8, 4) is 0 Å². The lowest BCUT2D eigenvalue weighted by molar-refractivity contribution is -0.105. The number of aryl methyl sites for hydroxylation is 4. The van der Waals surface area contributed by atoms with Crippen LogP contribution < -0.4 is 0 Å². The molecule has 4 atom stereocenters. The highest BCUT2D eigenvalue weighted by molar-refractivity contribution is 5.91. The zero-order valence-electron chi connectivity index (χ0n) is 19.6. The predicted octanol–water partition coefficient (Wildman–Crippen LogP) is 6.27. The third-order valence-corrected chi connectivity index (χ3v) is 6.96. The number of carbonyl (C=O) groups is 2. The summed E-state index contributed by atoms with van der Waals surface area (Å²) in [6.45, 7) is 7.93. The third-order valence-electron chi connectivity index (χ3n) is 6.96. The quantitative estimate of drug-likeness (QED) is 0.532. The zero-order chi connectivity index (χ0) is 22.8. The first-order valence-corrected chi connectivity index (χ1v) is 11.9. The number of hydrogen-bond acceptors (Lipinski definition) is 4. The summed E-state index contributed by atoms with van der Waals surface area (Å²) in [5.41, 5.74) is 5.28. The Kier molecular flexibility index (Phi) is 6.68. The summed E-state index contributed by atoms with van der Waals surface area (Å²) < 4.78 is 12.3. The van der Waals surface area contributed by atoms with Gasteiger partial charge in [0.2, 0.25) is 0 Å². The van der Waals surface area contributed by atoms with Gasteiger partial charge in [-0.15, -0.1) is 0 Å². The van der Waals surface area contributed by atoms with Crippen LogP contribution in [0.1, 0.15) is 81.5 Å². The van der Waals surface area contributed by atoms with E-state index in [4.69, 9.17) is 9.47 Å². The molecule has 0 amide bonds. The van der Waals surface area contributed by atoms with Crippen molar-refractivity contribution in [3.05, 3.63) is 69.8 Å². The van der Waals surface area contributed by atoms with Crippen molar-refractivity contribution in [1.29, 1.82) is 0 Å². The SMILES string of the molecule is Cc1cc(C)cc(C(=O)OC2C3CCCCC(CC3)C2OC(=O)c2cc(C)cc(C)c2)c1. The molecule has 2 bridgehead atoms. The fourth-order valence-electron chi connectivity index (χ4n) is 5.62. The van der Waals surface area contributed by atoms with E-state index in [1.54, 1.807) is 0 Å². The Morgan fingerprint density at radius 2 is 0.938 bits per heavy atom. The molecule has 2 aromatic carbocycles. The van der Waals surface area contributed by atoms with Gasteiger partial charge in [0, 0.05) is 0 Å². The molecule has 4 rings (SSSR count). The van der Waals surface area contributed by atoms with E-state index in [1.807, 2.05) is 64.1 Å². The second kappa shape index (κ2) is 9.48. The van der Waals surface area contributed by atoms with Crippen molar-refractivity contribution in [1.82, 2.24) is 0 Å². The highest BCUT2D eigenvalue weighted by atomic mass is 16.6. The molecule has 0 aliphatic heterocycles. The van der Waals surface area contributed by atoms with E-state index < -0.39 is 12.2 Å². The minimum Gasteiger partial charge on any atom is -0.455 e. The van der Waals surface area contributed by atoms with Crippen LogP contribution in [0, 0.1) is 39.5 Å². The van der Waals surface area contributed by atoms with Gasteiger partial charge in [-0.2, -0.15) is 0 Å². The Labute approximate surface area is 191 Å². The predicted molar refractivity (Wildman–Crippen MR) is 125 cm³/mol. The van der Waals surface area contributed by atoms with E-state index in [9.17, 15) is 9.59 Å². The van der Waals surface area contributed by atoms with Crippen molar-refractivity contribution in [2.75, 3.05) is 0 Å². The maximum atomic E-state index is 13.1. The van der Waals surface area contributed by atoms with E-state index in [1.165, 1.54) is 0 Å². The summed E-state index contributed by atoms with van der Waals surface area (Å²) in [5.74, 6) is -0.169. The molecule has 0 N–H and O–H groups in total. The molecule has 2 aliphatic carbocycles. The van der Waals surface area contributed by atoms with Gasteiger partial charge in [-0.25, -0.2) is 9.59 Å². The second-order valence-electron chi connectivity index (χ2n) is 9.87. The average Bonchev–Trinajstić information content (AvgIpc) is 2.69. The molecule has 0 radical (unpaired) electrons. The topological polar surface area (TPSA) is 52.6 Å². The molecule has 0 heterocycles. The Morgan fingerprint density at radius 1 is 0.594 bits per heavy atom. The number of fused-ring (bicyclic) bond motifs is 3. The molecular weight excluding hydrogens is 400 g/mol. The van der Waals surface area contributed by atoms with Crippen molar-refractivity contribution in [2.45, 2.75) is 78.4 Å². The van der Waals surface area contributed by atoms with Crippen molar-refractivity contribution >= 4 is 11.9 Å². The van der Waals surface area contributed by atoms with Crippen LogP contribution in [-0.4, -0.2) is 24.1 Å². The number of benzene rings is 2. The maximum absolute atomic E-state index is 13.1. The van der Waals surface area contributed by atoms with Gasteiger partial charge < -0.3 is 9.47 Å². The first-order chi connectivity index (χ1) is 15.3.